The van der Waals surface area contributed by atoms with Gasteiger partial charge in [-0.1, -0.05) is 43.3 Å². The largest absolute Gasteiger partial charge is 0.497 e. The Morgan fingerprint density at radius 2 is 1.86 bits per heavy atom. The van der Waals surface area contributed by atoms with Crippen LogP contribution in [0, 0.1) is 17.3 Å². The molecule has 2 nitrogen and oxygen atoms in total. The molecule has 0 amide bonds. The van der Waals surface area contributed by atoms with Gasteiger partial charge in [0.05, 0.1) is 12.7 Å². The average Bonchev–Trinajstić information content (AvgIpc) is 2.98. The van der Waals surface area contributed by atoms with E-state index in [0.29, 0.717) is 17.8 Å². The predicted molar refractivity (Wildman–Crippen MR) is 113 cm³/mol. The van der Waals surface area contributed by atoms with Gasteiger partial charge in [0, 0.05) is 6.42 Å². The van der Waals surface area contributed by atoms with Gasteiger partial charge in [-0.05, 0) is 90.5 Å². The molecule has 1 N–H and O–H groups in total. The molecule has 3 aliphatic rings. The topological polar surface area (TPSA) is 29.5 Å². The lowest BCUT2D eigenvalue weighted by atomic mass is 9.53. The van der Waals surface area contributed by atoms with E-state index in [1.165, 1.54) is 30.4 Å². The van der Waals surface area contributed by atoms with E-state index in [0.717, 1.165) is 31.4 Å². The van der Waals surface area contributed by atoms with E-state index in [1.807, 2.05) is 0 Å². The van der Waals surface area contributed by atoms with E-state index in [2.05, 4.69) is 55.5 Å². The number of benzene rings is 2. The van der Waals surface area contributed by atoms with Crippen molar-refractivity contribution in [1.29, 1.82) is 0 Å². The van der Waals surface area contributed by atoms with Crippen LogP contribution in [0.2, 0.25) is 0 Å². The van der Waals surface area contributed by atoms with Gasteiger partial charge in [0.25, 0.3) is 0 Å². The maximum atomic E-state index is 11.8. The number of ether oxygens (including phenoxy) is 1. The van der Waals surface area contributed by atoms with Crippen LogP contribution in [0.15, 0.2) is 48.5 Å². The van der Waals surface area contributed by atoms with Crippen molar-refractivity contribution in [2.75, 3.05) is 7.11 Å². The maximum absolute atomic E-state index is 11.8. The summed E-state index contributed by atoms with van der Waals surface area (Å²) < 4.78 is 5.45. The third-order valence-corrected chi connectivity index (χ3v) is 8.59. The van der Waals surface area contributed by atoms with E-state index in [-0.39, 0.29) is 5.41 Å². The minimum atomic E-state index is -0.565. The fraction of sp³-hybridized carbons (Fsp3) is 0.538. The molecule has 0 aromatic heterocycles. The summed E-state index contributed by atoms with van der Waals surface area (Å²) in [5.41, 5.74) is 3.78. The predicted octanol–water partition coefficient (Wildman–Crippen LogP) is 5.53. The van der Waals surface area contributed by atoms with Gasteiger partial charge in [-0.2, -0.15) is 0 Å². The molecular formula is C26H32O2. The molecule has 5 rings (SSSR count). The quantitative estimate of drug-likeness (QED) is 0.764. The number of aryl methyl sites for hydroxylation is 1. The van der Waals surface area contributed by atoms with Crippen LogP contribution in [0.5, 0.6) is 5.75 Å². The SMILES string of the molecule is COc1ccc2c(c1)CC[C@@H]1[C@@H]2CC[C@]2(C)[C@H]1CC[C@]2(O)Cc1ccccc1. The van der Waals surface area contributed by atoms with Gasteiger partial charge in [-0.25, -0.2) is 0 Å². The normalized spacial score (nSPS) is 36.3. The number of hydrogen-bond acceptors (Lipinski definition) is 2. The lowest BCUT2D eigenvalue weighted by Gasteiger charge is -2.53. The highest BCUT2D eigenvalue weighted by molar-refractivity contribution is 5.41. The molecule has 2 fully saturated rings. The number of fused-ring (bicyclic) bond motifs is 5. The van der Waals surface area contributed by atoms with Crippen molar-refractivity contribution < 1.29 is 9.84 Å². The molecule has 2 aromatic rings. The molecule has 5 atom stereocenters. The molecule has 28 heavy (non-hydrogen) atoms. The number of aliphatic hydroxyl groups is 1. The van der Waals surface area contributed by atoms with Gasteiger partial charge in [0.15, 0.2) is 0 Å². The Kier molecular flexibility index (Phi) is 4.32. The standard InChI is InChI=1S/C26H32O2/c1-25-14-12-22-21-11-9-20(28-2)16-19(21)8-10-23(22)24(25)13-15-26(25,27)17-18-6-4-3-5-7-18/h3-7,9,11,16,22-24,27H,8,10,12-15,17H2,1-2H3/t22-,23-,24+,25-,26+/m1/s1. The molecule has 0 aliphatic heterocycles. The van der Waals surface area contributed by atoms with Crippen molar-refractivity contribution in [3.8, 4) is 5.75 Å². The summed E-state index contributed by atoms with van der Waals surface area (Å²) in [6.45, 7) is 2.40. The average molecular weight is 377 g/mol. The van der Waals surface area contributed by atoms with Crippen molar-refractivity contribution in [2.45, 2.75) is 63.4 Å². The van der Waals surface area contributed by atoms with E-state index in [4.69, 9.17) is 4.74 Å². The van der Waals surface area contributed by atoms with Crippen LogP contribution in [0.4, 0.5) is 0 Å². The minimum Gasteiger partial charge on any atom is -0.497 e. The monoisotopic (exact) mass is 376 g/mol. The summed E-state index contributed by atoms with van der Waals surface area (Å²) in [5, 5.41) is 11.8. The maximum Gasteiger partial charge on any atom is 0.119 e. The number of hydrogen-bond donors (Lipinski definition) is 1. The first kappa shape index (κ1) is 18.2. The summed E-state index contributed by atoms with van der Waals surface area (Å²) in [4.78, 5) is 0. The van der Waals surface area contributed by atoms with E-state index < -0.39 is 5.60 Å². The van der Waals surface area contributed by atoms with Crippen molar-refractivity contribution >= 4 is 0 Å². The third kappa shape index (κ3) is 2.64. The zero-order chi connectivity index (χ0) is 19.4. The first-order valence-electron chi connectivity index (χ1n) is 11.0. The van der Waals surface area contributed by atoms with E-state index in [9.17, 15) is 5.11 Å². The molecule has 2 aromatic carbocycles. The Balaban J connectivity index is 1.44. The van der Waals surface area contributed by atoms with Crippen LogP contribution in [0.25, 0.3) is 0 Å². The smallest absolute Gasteiger partial charge is 0.119 e. The Morgan fingerprint density at radius 1 is 1.04 bits per heavy atom. The summed E-state index contributed by atoms with van der Waals surface area (Å²) in [6.07, 6.45) is 7.66. The number of methoxy groups -OCH3 is 1. The summed E-state index contributed by atoms with van der Waals surface area (Å²) >= 11 is 0. The fourth-order valence-electron chi connectivity index (χ4n) is 7.02. The highest BCUT2D eigenvalue weighted by Crippen LogP contribution is 2.64. The fourth-order valence-corrected chi connectivity index (χ4v) is 7.02. The van der Waals surface area contributed by atoms with Crippen molar-refractivity contribution in [1.82, 2.24) is 0 Å². The van der Waals surface area contributed by atoms with Crippen LogP contribution in [0.1, 0.15) is 61.6 Å². The first-order chi connectivity index (χ1) is 13.5. The molecule has 2 heteroatoms. The van der Waals surface area contributed by atoms with Gasteiger partial charge >= 0.3 is 0 Å². The van der Waals surface area contributed by atoms with Crippen molar-refractivity contribution in [3.05, 3.63) is 65.2 Å². The van der Waals surface area contributed by atoms with Gasteiger partial charge in [0.2, 0.25) is 0 Å². The zero-order valence-corrected chi connectivity index (χ0v) is 17.2. The lowest BCUT2D eigenvalue weighted by molar-refractivity contribution is -0.102. The van der Waals surface area contributed by atoms with Gasteiger partial charge in [-0.3, -0.25) is 0 Å². The summed E-state index contributed by atoms with van der Waals surface area (Å²) in [6, 6.07) is 17.3. The minimum absolute atomic E-state index is 0.0357. The Hall–Kier alpha value is -1.80. The van der Waals surface area contributed by atoms with Crippen LogP contribution < -0.4 is 4.74 Å². The molecule has 0 bridgehead atoms. The Labute approximate surface area is 168 Å². The molecule has 0 heterocycles. The summed E-state index contributed by atoms with van der Waals surface area (Å²) in [7, 11) is 1.76. The molecular weight excluding hydrogens is 344 g/mol. The summed E-state index contributed by atoms with van der Waals surface area (Å²) in [5.74, 6) is 2.99. The molecule has 148 valence electrons. The molecule has 0 unspecified atom stereocenters. The van der Waals surface area contributed by atoms with Crippen molar-refractivity contribution in [3.63, 3.8) is 0 Å². The molecule has 0 spiro atoms. The second-order valence-electron chi connectivity index (χ2n) is 9.67. The van der Waals surface area contributed by atoms with E-state index in [1.54, 1.807) is 12.7 Å². The van der Waals surface area contributed by atoms with Crippen LogP contribution >= 0.6 is 0 Å². The van der Waals surface area contributed by atoms with Gasteiger partial charge < -0.3 is 9.84 Å². The highest BCUT2D eigenvalue weighted by atomic mass is 16.5. The molecule has 2 saturated carbocycles. The lowest BCUT2D eigenvalue weighted by Crippen LogP contribution is -2.51. The van der Waals surface area contributed by atoms with Crippen LogP contribution in [-0.4, -0.2) is 17.8 Å². The Bertz CT molecular complexity index is 860. The van der Waals surface area contributed by atoms with E-state index >= 15 is 0 Å². The highest BCUT2D eigenvalue weighted by Gasteiger charge is 2.61. The first-order valence-corrected chi connectivity index (χ1v) is 11.0. The van der Waals surface area contributed by atoms with Crippen LogP contribution in [-0.2, 0) is 12.8 Å². The molecule has 0 radical (unpaired) electrons. The second-order valence-corrected chi connectivity index (χ2v) is 9.67. The third-order valence-electron chi connectivity index (χ3n) is 8.59. The number of rotatable bonds is 3. The Morgan fingerprint density at radius 3 is 2.64 bits per heavy atom. The van der Waals surface area contributed by atoms with Gasteiger partial charge in [-0.15, -0.1) is 0 Å². The molecule has 3 aliphatic carbocycles. The zero-order valence-electron chi connectivity index (χ0n) is 17.2. The molecule has 0 saturated heterocycles. The van der Waals surface area contributed by atoms with Crippen molar-refractivity contribution in [2.24, 2.45) is 17.3 Å². The van der Waals surface area contributed by atoms with Gasteiger partial charge in [0.1, 0.15) is 5.75 Å². The second kappa shape index (κ2) is 6.62. The van der Waals surface area contributed by atoms with Crippen LogP contribution in [0.3, 0.4) is 0 Å².